The highest BCUT2D eigenvalue weighted by molar-refractivity contribution is 5.65. The van der Waals surface area contributed by atoms with Gasteiger partial charge in [0.05, 0.1) is 11.2 Å². The summed E-state index contributed by atoms with van der Waals surface area (Å²) >= 11 is 0. The lowest BCUT2D eigenvalue weighted by atomic mass is 9.99. The monoisotopic (exact) mass is 272 g/mol. The van der Waals surface area contributed by atoms with Gasteiger partial charge in [-0.05, 0) is 33.1 Å². The van der Waals surface area contributed by atoms with Crippen molar-refractivity contribution in [1.29, 1.82) is 0 Å². The Balaban J connectivity index is 2.61. The third kappa shape index (κ3) is 2.87. The molecule has 0 atom stereocenters. The fourth-order valence-electron chi connectivity index (χ4n) is 2.33. The van der Waals surface area contributed by atoms with E-state index in [1.807, 2.05) is 51.1 Å². The van der Waals surface area contributed by atoms with Crippen LogP contribution in [0.5, 0.6) is 5.88 Å². The molecule has 0 fully saturated rings. The van der Waals surface area contributed by atoms with Gasteiger partial charge in [0.15, 0.2) is 0 Å². The van der Waals surface area contributed by atoms with E-state index in [2.05, 4.69) is 18.9 Å². The Labute approximate surface area is 121 Å². The van der Waals surface area contributed by atoms with Crippen molar-refractivity contribution in [1.82, 2.24) is 9.78 Å². The van der Waals surface area contributed by atoms with E-state index in [1.165, 1.54) is 0 Å². The van der Waals surface area contributed by atoms with Gasteiger partial charge in [-0.25, -0.2) is 4.68 Å². The summed E-state index contributed by atoms with van der Waals surface area (Å²) in [6, 6.07) is 10.1. The van der Waals surface area contributed by atoms with Crippen LogP contribution in [0.4, 0.5) is 0 Å². The zero-order valence-electron chi connectivity index (χ0n) is 13.0. The molecule has 1 aromatic heterocycles. The van der Waals surface area contributed by atoms with E-state index in [9.17, 15) is 5.11 Å². The highest BCUT2D eigenvalue weighted by atomic mass is 16.3. The first-order valence-electron chi connectivity index (χ1n) is 7.17. The molecule has 0 saturated heterocycles. The normalized spacial score (nSPS) is 12.1. The van der Waals surface area contributed by atoms with Crippen molar-refractivity contribution in [3.05, 3.63) is 35.9 Å². The number of benzene rings is 1. The van der Waals surface area contributed by atoms with E-state index in [1.54, 1.807) is 4.68 Å². The van der Waals surface area contributed by atoms with Gasteiger partial charge in [0.2, 0.25) is 5.88 Å². The minimum Gasteiger partial charge on any atom is -0.493 e. The highest BCUT2D eigenvalue weighted by Gasteiger charge is 2.25. The molecule has 0 amide bonds. The van der Waals surface area contributed by atoms with Crippen LogP contribution < -0.4 is 0 Å². The Morgan fingerprint density at radius 1 is 1.15 bits per heavy atom. The number of rotatable bonds is 3. The molecular formula is C17H24N2O. The summed E-state index contributed by atoms with van der Waals surface area (Å²) in [6.07, 6.45) is 0.826. The third-order valence-corrected chi connectivity index (χ3v) is 3.25. The van der Waals surface area contributed by atoms with Crippen LogP contribution in [0, 0.1) is 5.92 Å². The van der Waals surface area contributed by atoms with Crippen molar-refractivity contribution in [3.8, 4) is 17.1 Å². The number of aromatic nitrogens is 2. The molecule has 3 nitrogen and oxygen atoms in total. The van der Waals surface area contributed by atoms with Gasteiger partial charge in [0.1, 0.15) is 0 Å². The fourth-order valence-corrected chi connectivity index (χ4v) is 2.33. The number of nitrogens with zero attached hydrogens (tertiary/aromatic N) is 2. The Hall–Kier alpha value is -1.77. The van der Waals surface area contributed by atoms with Crippen LogP contribution in [0.25, 0.3) is 11.3 Å². The van der Waals surface area contributed by atoms with Crippen molar-refractivity contribution in [2.24, 2.45) is 5.92 Å². The third-order valence-electron chi connectivity index (χ3n) is 3.25. The maximum absolute atomic E-state index is 10.6. The predicted octanol–water partition coefficient (Wildman–Crippen LogP) is 4.21. The molecule has 0 spiro atoms. The summed E-state index contributed by atoms with van der Waals surface area (Å²) in [5, 5.41) is 15.2. The molecule has 0 aliphatic rings. The maximum Gasteiger partial charge on any atom is 0.213 e. The van der Waals surface area contributed by atoms with E-state index in [-0.39, 0.29) is 5.54 Å². The lowest BCUT2D eigenvalue weighted by molar-refractivity contribution is 0.293. The van der Waals surface area contributed by atoms with Crippen LogP contribution in [0.3, 0.4) is 0 Å². The van der Waals surface area contributed by atoms with Gasteiger partial charge < -0.3 is 5.11 Å². The Morgan fingerprint density at radius 2 is 1.75 bits per heavy atom. The van der Waals surface area contributed by atoms with E-state index in [4.69, 9.17) is 0 Å². The first-order chi connectivity index (χ1) is 9.30. The van der Waals surface area contributed by atoms with Gasteiger partial charge in [0.25, 0.3) is 0 Å². The first kappa shape index (κ1) is 14.6. The Kier molecular flexibility index (Phi) is 3.89. The molecular weight excluding hydrogens is 248 g/mol. The minimum absolute atomic E-state index is 0.233. The molecule has 1 N–H and O–H groups in total. The number of aromatic hydroxyl groups is 1. The molecule has 2 aromatic rings. The van der Waals surface area contributed by atoms with Gasteiger partial charge >= 0.3 is 0 Å². The summed E-state index contributed by atoms with van der Waals surface area (Å²) in [4.78, 5) is 0. The van der Waals surface area contributed by atoms with Crippen LogP contribution in [0.2, 0.25) is 0 Å². The second-order valence-corrected chi connectivity index (χ2v) is 6.70. The average Bonchev–Trinajstić information content (AvgIpc) is 2.67. The van der Waals surface area contributed by atoms with E-state index < -0.39 is 0 Å². The van der Waals surface area contributed by atoms with Crippen LogP contribution >= 0.6 is 0 Å². The molecule has 1 heterocycles. The zero-order chi connectivity index (χ0) is 14.9. The van der Waals surface area contributed by atoms with Crippen LogP contribution in [-0.4, -0.2) is 14.9 Å². The number of hydrogen-bond acceptors (Lipinski definition) is 2. The van der Waals surface area contributed by atoms with Gasteiger partial charge in [-0.3, -0.25) is 0 Å². The first-order valence-corrected chi connectivity index (χ1v) is 7.17. The van der Waals surface area contributed by atoms with Crippen molar-refractivity contribution >= 4 is 0 Å². The molecule has 0 radical (unpaired) electrons. The van der Waals surface area contributed by atoms with Crippen LogP contribution in [0.1, 0.15) is 40.2 Å². The maximum atomic E-state index is 10.6. The molecule has 0 aliphatic heterocycles. The second-order valence-electron chi connectivity index (χ2n) is 6.70. The van der Waals surface area contributed by atoms with Crippen LogP contribution in [0.15, 0.2) is 30.3 Å². The molecule has 0 saturated carbocycles. The average molecular weight is 272 g/mol. The standard InChI is InChI=1S/C17H24N2O/c1-12(2)11-14-15(13-9-7-6-8-10-13)18-19(16(14)20)17(3,4)5/h6-10,12,20H,11H2,1-5H3. The second kappa shape index (κ2) is 5.31. The summed E-state index contributed by atoms with van der Waals surface area (Å²) in [5.74, 6) is 0.769. The topological polar surface area (TPSA) is 38.0 Å². The highest BCUT2D eigenvalue weighted by Crippen LogP contribution is 2.34. The van der Waals surface area contributed by atoms with Crippen molar-refractivity contribution in [2.75, 3.05) is 0 Å². The molecule has 20 heavy (non-hydrogen) atoms. The van der Waals surface area contributed by atoms with Gasteiger partial charge in [-0.1, -0.05) is 44.2 Å². The van der Waals surface area contributed by atoms with Crippen LogP contribution in [-0.2, 0) is 12.0 Å². The molecule has 2 rings (SSSR count). The van der Waals surface area contributed by atoms with Crippen molar-refractivity contribution in [2.45, 2.75) is 46.6 Å². The SMILES string of the molecule is CC(C)Cc1c(-c2ccccc2)nn(C(C)(C)C)c1O. The molecule has 0 unspecified atom stereocenters. The molecule has 1 aromatic carbocycles. The lowest BCUT2D eigenvalue weighted by Crippen LogP contribution is -2.22. The van der Waals surface area contributed by atoms with E-state index in [0.717, 1.165) is 23.2 Å². The molecule has 3 heteroatoms. The molecule has 0 aliphatic carbocycles. The molecule has 108 valence electrons. The fraction of sp³-hybridized carbons (Fsp3) is 0.471. The zero-order valence-corrected chi connectivity index (χ0v) is 13.0. The van der Waals surface area contributed by atoms with Crippen molar-refractivity contribution < 1.29 is 5.11 Å². The lowest BCUT2D eigenvalue weighted by Gasteiger charge is -2.20. The predicted molar refractivity (Wildman–Crippen MR) is 82.9 cm³/mol. The summed E-state index contributed by atoms with van der Waals surface area (Å²) in [7, 11) is 0. The quantitative estimate of drug-likeness (QED) is 0.909. The van der Waals surface area contributed by atoms with Gasteiger partial charge in [-0.2, -0.15) is 5.10 Å². The van der Waals surface area contributed by atoms with Crippen molar-refractivity contribution in [3.63, 3.8) is 0 Å². The largest absolute Gasteiger partial charge is 0.493 e. The summed E-state index contributed by atoms with van der Waals surface area (Å²) in [6.45, 7) is 10.5. The Bertz CT molecular complexity index is 577. The summed E-state index contributed by atoms with van der Waals surface area (Å²) < 4.78 is 1.73. The van der Waals surface area contributed by atoms with E-state index >= 15 is 0 Å². The number of hydrogen-bond donors (Lipinski definition) is 1. The van der Waals surface area contributed by atoms with Gasteiger partial charge in [0, 0.05) is 11.1 Å². The minimum atomic E-state index is -0.233. The Morgan fingerprint density at radius 3 is 2.25 bits per heavy atom. The van der Waals surface area contributed by atoms with Gasteiger partial charge in [-0.15, -0.1) is 0 Å². The smallest absolute Gasteiger partial charge is 0.213 e. The summed E-state index contributed by atoms with van der Waals surface area (Å²) in [5.41, 5.74) is 2.66. The van der Waals surface area contributed by atoms with E-state index in [0.29, 0.717) is 11.8 Å². The molecule has 0 bridgehead atoms.